The zero-order valence-electron chi connectivity index (χ0n) is 14.7. The number of carbonyl (C=O) groups is 2. The van der Waals surface area contributed by atoms with Crippen molar-refractivity contribution in [3.8, 4) is 0 Å². The Morgan fingerprint density at radius 1 is 0.917 bits per heavy atom. The standard InChI is InChI=1S/C16H30O7S/c1-3-5-7-8-10-14(9-6-4-2)13-22-15(17)11-12-16(18)23-24(19,20)21/h14H,3-13H2,1-2H3,(H,19,20,21). The third-order valence-corrected chi connectivity index (χ3v) is 4.04. The van der Waals surface area contributed by atoms with Crippen LogP contribution < -0.4 is 0 Å². The molecule has 1 unspecified atom stereocenters. The van der Waals surface area contributed by atoms with E-state index in [0.717, 1.165) is 32.1 Å². The molecular formula is C16H30O7S. The van der Waals surface area contributed by atoms with Gasteiger partial charge in [0.2, 0.25) is 0 Å². The van der Waals surface area contributed by atoms with E-state index in [9.17, 15) is 18.0 Å². The molecule has 1 N–H and O–H groups in total. The van der Waals surface area contributed by atoms with E-state index in [4.69, 9.17) is 9.29 Å². The van der Waals surface area contributed by atoms with Crippen LogP contribution in [0.25, 0.3) is 0 Å². The first-order valence-corrected chi connectivity index (χ1v) is 10.00. The summed E-state index contributed by atoms with van der Waals surface area (Å²) in [4.78, 5) is 22.7. The number of esters is 1. The summed E-state index contributed by atoms with van der Waals surface area (Å²) < 4.78 is 37.9. The van der Waals surface area contributed by atoms with Gasteiger partial charge < -0.3 is 8.92 Å². The van der Waals surface area contributed by atoms with Crippen LogP contribution in [0.2, 0.25) is 0 Å². The summed E-state index contributed by atoms with van der Waals surface area (Å²) >= 11 is 0. The van der Waals surface area contributed by atoms with Crippen LogP contribution in [0.5, 0.6) is 0 Å². The van der Waals surface area contributed by atoms with Gasteiger partial charge in [-0.15, -0.1) is 0 Å². The van der Waals surface area contributed by atoms with Gasteiger partial charge in [0.25, 0.3) is 0 Å². The van der Waals surface area contributed by atoms with Crippen molar-refractivity contribution < 1.29 is 31.5 Å². The fourth-order valence-corrected chi connectivity index (χ4v) is 2.63. The molecule has 0 aliphatic rings. The summed E-state index contributed by atoms with van der Waals surface area (Å²) in [6, 6.07) is 0. The number of rotatable bonds is 14. The van der Waals surface area contributed by atoms with Crippen LogP contribution in [-0.2, 0) is 28.9 Å². The van der Waals surface area contributed by atoms with Crippen LogP contribution in [0.15, 0.2) is 0 Å². The van der Waals surface area contributed by atoms with E-state index < -0.39 is 28.8 Å². The van der Waals surface area contributed by atoms with Crippen LogP contribution >= 0.6 is 0 Å². The molecule has 0 aromatic heterocycles. The van der Waals surface area contributed by atoms with E-state index in [1.54, 1.807) is 0 Å². The maximum absolute atomic E-state index is 11.6. The van der Waals surface area contributed by atoms with Crippen molar-refractivity contribution >= 4 is 22.3 Å². The molecule has 1 atom stereocenters. The lowest BCUT2D eigenvalue weighted by Gasteiger charge is -2.16. The lowest BCUT2D eigenvalue weighted by molar-refractivity contribution is -0.148. The van der Waals surface area contributed by atoms with Crippen LogP contribution in [-0.4, -0.2) is 31.5 Å². The molecule has 0 bridgehead atoms. The molecular weight excluding hydrogens is 336 g/mol. The lowest BCUT2D eigenvalue weighted by Crippen LogP contribution is -2.17. The molecule has 142 valence electrons. The van der Waals surface area contributed by atoms with Crippen LogP contribution in [0.4, 0.5) is 0 Å². The highest BCUT2D eigenvalue weighted by Gasteiger charge is 2.16. The number of carbonyl (C=O) groups excluding carboxylic acids is 2. The molecule has 0 radical (unpaired) electrons. The lowest BCUT2D eigenvalue weighted by atomic mass is 9.96. The number of ether oxygens (including phenoxy) is 1. The van der Waals surface area contributed by atoms with Gasteiger partial charge in [0.1, 0.15) is 0 Å². The maximum atomic E-state index is 11.6. The van der Waals surface area contributed by atoms with Crippen molar-refractivity contribution in [1.29, 1.82) is 0 Å². The van der Waals surface area contributed by atoms with E-state index in [-0.39, 0.29) is 6.42 Å². The van der Waals surface area contributed by atoms with Gasteiger partial charge >= 0.3 is 22.3 Å². The predicted molar refractivity (Wildman–Crippen MR) is 89.6 cm³/mol. The van der Waals surface area contributed by atoms with E-state index in [1.807, 2.05) is 0 Å². The molecule has 7 nitrogen and oxygen atoms in total. The summed E-state index contributed by atoms with van der Waals surface area (Å²) in [7, 11) is -4.82. The molecule has 0 spiro atoms. The Bertz CT molecular complexity index is 459. The van der Waals surface area contributed by atoms with Crippen molar-refractivity contribution in [3.05, 3.63) is 0 Å². The Balaban J connectivity index is 4.07. The first-order chi connectivity index (χ1) is 11.3. The Kier molecular flexibility index (Phi) is 12.5. The smallest absolute Gasteiger partial charge is 0.448 e. The van der Waals surface area contributed by atoms with Crippen LogP contribution in [0.1, 0.15) is 78.1 Å². The summed E-state index contributed by atoms with van der Waals surface area (Å²) in [5.41, 5.74) is 0. The molecule has 0 aliphatic carbocycles. The van der Waals surface area contributed by atoms with Gasteiger partial charge in [0, 0.05) is 0 Å². The molecule has 0 saturated heterocycles. The highest BCUT2D eigenvalue weighted by molar-refractivity contribution is 7.81. The van der Waals surface area contributed by atoms with Gasteiger partial charge in [-0.25, -0.2) is 0 Å². The second kappa shape index (κ2) is 13.2. The molecule has 0 aromatic carbocycles. The number of unbranched alkanes of at least 4 members (excludes halogenated alkanes) is 4. The predicted octanol–water partition coefficient (Wildman–Crippen LogP) is 3.43. The van der Waals surface area contributed by atoms with E-state index in [2.05, 4.69) is 18.0 Å². The van der Waals surface area contributed by atoms with Crippen molar-refractivity contribution in [2.45, 2.75) is 78.1 Å². The molecule has 0 rings (SSSR count). The fourth-order valence-electron chi connectivity index (χ4n) is 2.31. The molecule has 0 fully saturated rings. The molecule has 0 amide bonds. The summed E-state index contributed by atoms with van der Waals surface area (Å²) in [5.74, 6) is -1.44. The van der Waals surface area contributed by atoms with Crippen molar-refractivity contribution in [2.75, 3.05) is 6.61 Å². The SMILES string of the molecule is CCCCCCC(CCCC)COC(=O)CCC(=O)OS(=O)(=O)O. The first-order valence-electron chi connectivity index (χ1n) is 8.63. The number of hydrogen-bond donors (Lipinski definition) is 1. The zero-order valence-corrected chi connectivity index (χ0v) is 15.5. The Labute approximate surface area is 145 Å². The Morgan fingerprint density at radius 2 is 1.50 bits per heavy atom. The number of hydrogen-bond acceptors (Lipinski definition) is 6. The van der Waals surface area contributed by atoms with E-state index in [1.165, 1.54) is 19.3 Å². The molecule has 24 heavy (non-hydrogen) atoms. The van der Waals surface area contributed by atoms with Crippen molar-refractivity contribution in [1.82, 2.24) is 0 Å². The Hall–Kier alpha value is -1.15. The van der Waals surface area contributed by atoms with Gasteiger partial charge in [-0.05, 0) is 18.8 Å². The van der Waals surface area contributed by atoms with Gasteiger partial charge in [0.15, 0.2) is 0 Å². The van der Waals surface area contributed by atoms with Gasteiger partial charge in [0.05, 0.1) is 19.4 Å². The van der Waals surface area contributed by atoms with Crippen LogP contribution in [0.3, 0.4) is 0 Å². The zero-order chi connectivity index (χ0) is 18.4. The first kappa shape index (κ1) is 22.9. The van der Waals surface area contributed by atoms with Crippen LogP contribution in [0, 0.1) is 5.92 Å². The third kappa shape index (κ3) is 14.4. The molecule has 0 aliphatic heterocycles. The van der Waals surface area contributed by atoms with Gasteiger partial charge in [-0.2, -0.15) is 8.42 Å². The average Bonchev–Trinajstić information content (AvgIpc) is 2.49. The molecule has 0 saturated carbocycles. The normalized spacial score (nSPS) is 12.6. The third-order valence-electron chi connectivity index (χ3n) is 3.64. The van der Waals surface area contributed by atoms with Gasteiger partial charge in [-0.1, -0.05) is 52.4 Å². The summed E-state index contributed by atoms with van der Waals surface area (Å²) in [6.07, 6.45) is 8.12. The second-order valence-electron chi connectivity index (χ2n) is 5.92. The largest absolute Gasteiger partial charge is 0.465 e. The second-order valence-corrected chi connectivity index (χ2v) is 6.95. The summed E-state index contributed by atoms with van der Waals surface area (Å²) in [5, 5.41) is 0. The van der Waals surface area contributed by atoms with E-state index >= 15 is 0 Å². The average molecular weight is 366 g/mol. The topological polar surface area (TPSA) is 107 Å². The minimum absolute atomic E-state index is 0.273. The van der Waals surface area contributed by atoms with Gasteiger partial charge in [-0.3, -0.25) is 14.1 Å². The highest BCUT2D eigenvalue weighted by atomic mass is 32.3. The maximum Gasteiger partial charge on any atom is 0.448 e. The minimum Gasteiger partial charge on any atom is -0.465 e. The molecule has 0 aromatic rings. The van der Waals surface area contributed by atoms with Crippen molar-refractivity contribution in [3.63, 3.8) is 0 Å². The minimum atomic E-state index is -4.82. The monoisotopic (exact) mass is 366 g/mol. The van der Waals surface area contributed by atoms with Crippen molar-refractivity contribution in [2.24, 2.45) is 5.92 Å². The molecule has 8 heteroatoms. The quantitative estimate of drug-likeness (QED) is 0.285. The highest BCUT2D eigenvalue weighted by Crippen LogP contribution is 2.18. The van der Waals surface area contributed by atoms with E-state index in [0.29, 0.717) is 12.5 Å². The fraction of sp³-hybridized carbons (Fsp3) is 0.875. The summed E-state index contributed by atoms with van der Waals surface area (Å²) in [6.45, 7) is 4.59. The Morgan fingerprint density at radius 3 is 2.08 bits per heavy atom. The molecule has 0 heterocycles.